The van der Waals surface area contributed by atoms with E-state index in [1.54, 1.807) is 24.3 Å². The summed E-state index contributed by atoms with van der Waals surface area (Å²) in [5.74, 6) is 0.459. The molecule has 0 bridgehead atoms. The van der Waals surface area contributed by atoms with Gasteiger partial charge in [-0.3, -0.25) is 0 Å². The molecule has 4 aromatic carbocycles. The molecular weight excluding hydrogens is 570 g/mol. The monoisotopic (exact) mass is 595 g/mol. The van der Waals surface area contributed by atoms with Gasteiger partial charge in [0, 0.05) is 0 Å². The van der Waals surface area contributed by atoms with Crippen LogP contribution in [0.4, 0.5) is 8.78 Å². The van der Waals surface area contributed by atoms with Crippen molar-refractivity contribution < 1.29 is 37.0 Å². The molecule has 2 aliphatic carbocycles. The maximum atomic E-state index is 13.8. The van der Waals surface area contributed by atoms with Crippen molar-refractivity contribution >= 4 is 14.4 Å². The van der Waals surface area contributed by atoms with E-state index < -0.39 is 22.6 Å². The van der Waals surface area contributed by atoms with E-state index >= 15 is 0 Å². The van der Waals surface area contributed by atoms with Crippen LogP contribution in [0.25, 0.3) is 14.4 Å². The molecule has 0 saturated heterocycles. The molecule has 0 saturated carbocycles. The fraction of sp³-hybridized carbons (Fsp3) is 0.118. The van der Waals surface area contributed by atoms with E-state index in [4.69, 9.17) is 5.63 Å². The molecule has 0 heterocycles. The van der Waals surface area contributed by atoms with E-state index in [9.17, 15) is 8.78 Å². The van der Waals surface area contributed by atoms with E-state index in [1.165, 1.54) is 51.8 Å². The summed E-state index contributed by atoms with van der Waals surface area (Å²) in [6.07, 6.45) is 5.39. The van der Waals surface area contributed by atoms with Crippen molar-refractivity contribution in [3.63, 3.8) is 0 Å². The minimum atomic E-state index is -3.55. The zero-order chi connectivity index (χ0) is 27.1. The molecule has 0 radical (unpaired) electrons. The third kappa shape index (κ3) is 4.97. The van der Waals surface area contributed by atoms with Crippen LogP contribution in [0.1, 0.15) is 38.3 Å². The minimum absolute atomic E-state index is 0.326. The predicted octanol–water partition coefficient (Wildman–Crippen LogP) is 7.25. The second kappa shape index (κ2) is 10.5. The Labute approximate surface area is 235 Å². The first-order valence-corrected chi connectivity index (χ1v) is 16.2. The average Bonchev–Trinajstić information content (AvgIpc) is 3.51. The molecule has 0 atom stereocenters. The molecule has 6 rings (SSSR count). The van der Waals surface area contributed by atoms with E-state index in [-0.39, 0.29) is 11.6 Å². The van der Waals surface area contributed by atoms with Crippen LogP contribution in [0.5, 0.6) is 11.5 Å². The molecule has 0 N–H and O–H groups in total. The fourth-order valence-corrected chi connectivity index (χ4v) is 9.84. The molecule has 2 nitrogen and oxygen atoms in total. The molecule has 193 valence electrons. The maximum absolute atomic E-state index is 13.8. The Morgan fingerprint density at radius 3 is 1.82 bits per heavy atom. The van der Waals surface area contributed by atoms with Crippen LogP contribution in [0, 0.1) is 22.1 Å². The molecule has 4 aromatic rings. The van der Waals surface area contributed by atoms with Gasteiger partial charge in [0.15, 0.2) is 0 Å². The van der Waals surface area contributed by atoms with Crippen molar-refractivity contribution in [3.8, 4) is 11.5 Å². The van der Waals surface area contributed by atoms with Gasteiger partial charge in [0.2, 0.25) is 0 Å². The molecule has 0 spiro atoms. The summed E-state index contributed by atoms with van der Waals surface area (Å²) in [5.41, 5.74) is 6.14. The second-order valence-electron chi connectivity index (χ2n) is 10.1. The van der Waals surface area contributed by atoms with Crippen molar-refractivity contribution in [2.24, 2.45) is 0 Å². The van der Waals surface area contributed by atoms with Crippen LogP contribution in [0.15, 0.2) is 103 Å². The zero-order valence-electron chi connectivity index (χ0n) is 22.0. The van der Waals surface area contributed by atoms with Crippen molar-refractivity contribution in [2.45, 2.75) is 27.2 Å². The molecule has 5 heteroatoms. The van der Waals surface area contributed by atoms with E-state index in [2.05, 4.69) is 63.3 Å². The number of hydrogen-bond donors (Lipinski definition) is 0. The quantitative estimate of drug-likeness (QED) is 0.233. The molecule has 0 aromatic heterocycles. The predicted molar refractivity (Wildman–Crippen MR) is 147 cm³/mol. The Morgan fingerprint density at radius 1 is 0.692 bits per heavy atom. The number of benzene rings is 4. The summed E-state index contributed by atoms with van der Waals surface area (Å²) in [4.78, 5) is 0. The summed E-state index contributed by atoms with van der Waals surface area (Å²) < 4.78 is 42.0. The molecule has 0 unspecified atom stereocenters. The third-order valence-electron chi connectivity index (χ3n) is 7.10. The molecule has 0 amide bonds. The van der Waals surface area contributed by atoms with Crippen molar-refractivity contribution in [2.75, 3.05) is 0 Å². The summed E-state index contributed by atoms with van der Waals surface area (Å²) in [6, 6.07) is 24.9. The first kappa shape index (κ1) is 25.7. The summed E-state index contributed by atoms with van der Waals surface area (Å²) in [7, 11) is 0. The molecule has 2 aliphatic rings. The van der Waals surface area contributed by atoms with Gasteiger partial charge in [-0.25, -0.2) is 0 Å². The van der Waals surface area contributed by atoms with Crippen LogP contribution in [-0.2, 0) is 22.6 Å². The first-order valence-electron chi connectivity index (χ1n) is 13.0. The van der Waals surface area contributed by atoms with Gasteiger partial charge in [0.25, 0.3) is 0 Å². The van der Waals surface area contributed by atoms with Crippen LogP contribution >= 0.6 is 0 Å². The Kier molecular flexibility index (Phi) is 6.95. The zero-order valence-corrected chi connectivity index (χ0v) is 24.5. The number of rotatable bonds is 6. The van der Waals surface area contributed by atoms with E-state index in [1.807, 2.05) is 6.07 Å². The van der Waals surface area contributed by atoms with Crippen LogP contribution in [0.2, 0.25) is 0 Å². The Bertz CT molecular complexity index is 1820. The Hall–Kier alpha value is -3.56. The Morgan fingerprint density at radius 2 is 1.28 bits per heavy atom. The molecule has 0 fully saturated rings. The van der Waals surface area contributed by atoms with Gasteiger partial charge in [-0.15, -0.1) is 0 Å². The third-order valence-corrected chi connectivity index (χ3v) is 11.5. The van der Waals surface area contributed by atoms with Crippen LogP contribution in [-0.4, -0.2) is 0 Å². The van der Waals surface area contributed by atoms with Crippen LogP contribution < -0.4 is 16.1 Å². The standard InChI is InChI=1S/C22H19.2C6H5FO.Zr/c1-14(2)18-10-11-20-19-7-5-4-6-16(19)13-21(20)22(18)17-9-8-15(3)12-17;2*7-5-1-3-6(8)4-2-5;/h4-8,10-12H,9H2,1-3H3;2*1-4,8H;/q;;;+2/p-2. The van der Waals surface area contributed by atoms with Gasteiger partial charge >= 0.3 is 236 Å². The number of fused-ring (bicyclic) bond motifs is 2. The van der Waals surface area contributed by atoms with Gasteiger partial charge in [-0.1, -0.05) is 0 Å². The average molecular weight is 597 g/mol. The number of allylic oxidation sites excluding steroid dienone is 4. The summed E-state index contributed by atoms with van der Waals surface area (Å²) in [6.45, 7) is 6.42. The topological polar surface area (TPSA) is 18.5 Å². The van der Waals surface area contributed by atoms with Crippen molar-refractivity contribution in [1.29, 1.82) is 0 Å². The second-order valence-corrected chi connectivity index (χ2v) is 13.7. The van der Waals surface area contributed by atoms with Crippen molar-refractivity contribution in [3.05, 3.63) is 146 Å². The summed E-state index contributed by atoms with van der Waals surface area (Å²) >= 11 is -3.55. The fourth-order valence-electron chi connectivity index (χ4n) is 5.30. The summed E-state index contributed by atoms with van der Waals surface area (Å²) in [5, 5.41) is 4.62. The van der Waals surface area contributed by atoms with Gasteiger partial charge in [0.1, 0.15) is 0 Å². The van der Waals surface area contributed by atoms with Gasteiger partial charge in [-0.05, 0) is 0 Å². The molecule has 39 heavy (non-hydrogen) atoms. The van der Waals surface area contributed by atoms with Gasteiger partial charge < -0.3 is 0 Å². The van der Waals surface area contributed by atoms with Gasteiger partial charge in [0.05, 0.1) is 0 Å². The number of hydrogen-bond acceptors (Lipinski definition) is 2. The normalized spacial score (nSPS) is 13.4. The molecule has 0 aliphatic heterocycles. The van der Waals surface area contributed by atoms with E-state index in [0.29, 0.717) is 11.5 Å². The van der Waals surface area contributed by atoms with Gasteiger partial charge in [-0.2, -0.15) is 0 Å². The molecular formula is C34H27F2O2Zr. The Balaban J connectivity index is 1.63. The number of halogens is 2. The van der Waals surface area contributed by atoms with Crippen molar-refractivity contribution in [1.82, 2.24) is 0 Å². The first-order chi connectivity index (χ1) is 18.9. The van der Waals surface area contributed by atoms with Crippen LogP contribution in [0.3, 0.4) is 0 Å². The van der Waals surface area contributed by atoms with E-state index in [0.717, 1.165) is 30.9 Å². The SMILES string of the molecule is CC1=CCC(c2c3c(ccc2=C(C)C)=c2ccccc2=[C]3[Zr]([O]c2ccc(F)cc2)[O]c2ccc(F)cc2)=C1.